The van der Waals surface area contributed by atoms with E-state index in [1.165, 1.54) is 0 Å². The summed E-state index contributed by atoms with van der Waals surface area (Å²) >= 11 is 0. The number of aldehydes is 1. The average Bonchev–Trinajstić information content (AvgIpc) is 2.75. The van der Waals surface area contributed by atoms with Gasteiger partial charge in [-0.1, -0.05) is 0 Å². The second-order valence-corrected chi connectivity index (χ2v) is 3.51. The number of furan rings is 1. The second-order valence-electron chi connectivity index (χ2n) is 3.51. The zero-order chi connectivity index (χ0) is 10.8. The number of carbonyl (C=O) groups is 1. The Morgan fingerprint density at radius 2 is 2.27 bits per heavy atom. The lowest BCUT2D eigenvalue weighted by Gasteiger charge is -2.00. The molecule has 4 nitrogen and oxygen atoms in total. The Balaban J connectivity index is 2.21. The zero-order valence-corrected chi connectivity index (χ0v) is 8.73. The fourth-order valence-electron chi connectivity index (χ4n) is 1.53. The van der Waals surface area contributed by atoms with Crippen LogP contribution < -0.4 is 0 Å². The molecule has 0 amide bonds. The van der Waals surface area contributed by atoms with Gasteiger partial charge in [0, 0.05) is 5.69 Å². The van der Waals surface area contributed by atoms with Gasteiger partial charge >= 0.3 is 0 Å². The van der Waals surface area contributed by atoms with Crippen molar-refractivity contribution in [2.75, 3.05) is 0 Å². The number of hydrogen-bond acceptors (Lipinski definition) is 3. The molecule has 0 N–H and O–H groups in total. The third kappa shape index (κ3) is 1.98. The van der Waals surface area contributed by atoms with Crippen molar-refractivity contribution in [3.05, 3.63) is 41.1 Å². The molecular weight excluding hydrogens is 192 g/mol. The van der Waals surface area contributed by atoms with Crippen molar-refractivity contribution in [2.24, 2.45) is 0 Å². The molecule has 0 fully saturated rings. The summed E-state index contributed by atoms with van der Waals surface area (Å²) in [5, 5.41) is 4.31. The van der Waals surface area contributed by atoms with Gasteiger partial charge < -0.3 is 4.42 Å². The average molecular weight is 204 g/mol. The summed E-state index contributed by atoms with van der Waals surface area (Å²) in [4.78, 5) is 10.4. The van der Waals surface area contributed by atoms with E-state index >= 15 is 0 Å². The minimum absolute atomic E-state index is 0.353. The van der Waals surface area contributed by atoms with Gasteiger partial charge in [-0.3, -0.25) is 9.48 Å². The first-order valence-corrected chi connectivity index (χ1v) is 4.74. The van der Waals surface area contributed by atoms with E-state index in [9.17, 15) is 4.79 Å². The van der Waals surface area contributed by atoms with Crippen LogP contribution in [0.4, 0.5) is 0 Å². The summed E-state index contributed by atoms with van der Waals surface area (Å²) in [6, 6.07) is 5.46. The van der Waals surface area contributed by atoms with E-state index in [1.54, 1.807) is 12.1 Å². The number of hydrogen-bond donors (Lipinski definition) is 0. The molecular formula is C11H12N2O2. The Kier molecular flexibility index (Phi) is 2.41. The molecule has 0 spiro atoms. The van der Waals surface area contributed by atoms with Crippen LogP contribution in [0.15, 0.2) is 22.6 Å². The maximum atomic E-state index is 10.4. The number of rotatable bonds is 3. The van der Waals surface area contributed by atoms with Crippen LogP contribution in [0.25, 0.3) is 0 Å². The summed E-state index contributed by atoms with van der Waals surface area (Å²) < 4.78 is 7.12. The number of aryl methyl sites for hydroxylation is 2. The summed E-state index contributed by atoms with van der Waals surface area (Å²) in [7, 11) is 0. The lowest BCUT2D eigenvalue weighted by molar-refractivity contribution is 0.109. The normalized spacial score (nSPS) is 10.5. The van der Waals surface area contributed by atoms with Gasteiger partial charge in [0.2, 0.25) is 0 Å². The Bertz CT molecular complexity index is 482. The van der Waals surface area contributed by atoms with Crippen LogP contribution in [0.3, 0.4) is 0 Å². The Morgan fingerprint density at radius 3 is 2.80 bits per heavy atom. The molecule has 2 heterocycles. The smallest absolute Gasteiger partial charge is 0.185 e. The van der Waals surface area contributed by atoms with Crippen molar-refractivity contribution in [3.63, 3.8) is 0 Å². The molecule has 4 heteroatoms. The SMILES string of the molecule is Cc1cc(C)n(Cc2ccc(C=O)o2)n1. The maximum absolute atomic E-state index is 10.4. The largest absolute Gasteiger partial charge is 0.456 e. The van der Waals surface area contributed by atoms with Gasteiger partial charge in [0.25, 0.3) is 0 Å². The zero-order valence-electron chi connectivity index (χ0n) is 8.73. The second kappa shape index (κ2) is 3.73. The highest BCUT2D eigenvalue weighted by atomic mass is 16.3. The van der Waals surface area contributed by atoms with Gasteiger partial charge in [-0.2, -0.15) is 5.10 Å². The first kappa shape index (κ1) is 9.71. The summed E-state index contributed by atoms with van der Waals surface area (Å²) in [5.74, 6) is 1.09. The van der Waals surface area contributed by atoms with E-state index in [0.29, 0.717) is 18.6 Å². The molecule has 0 radical (unpaired) electrons. The molecule has 0 unspecified atom stereocenters. The first-order chi connectivity index (χ1) is 7.19. The van der Waals surface area contributed by atoms with Gasteiger partial charge in [0.1, 0.15) is 5.76 Å². The van der Waals surface area contributed by atoms with E-state index < -0.39 is 0 Å². The molecule has 0 saturated carbocycles. The molecule has 2 rings (SSSR count). The van der Waals surface area contributed by atoms with E-state index in [1.807, 2.05) is 24.6 Å². The van der Waals surface area contributed by atoms with Crippen molar-refractivity contribution < 1.29 is 9.21 Å². The summed E-state index contributed by atoms with van der Waals surface area (Å²) in [5.41, 5.74) is 2.06. The van der Waals surface area contributed by atoms with Crippen LogP contribution in [0.2, 0.25) is 0 Å². The predicted octanol–water partition coefficient (Wildman–Crippen LogP) is 1.95. The molecule has 2 aromatic rings. The minimum Gasteiger partial charge on any atom is -0.456 e. The van der Waals surface area contributed by atoms with Gasteiger partial charge in [-0.05, 0) is 32.0 Å². The van der Waals surface area contributed by atoms with Gasteiger partial charge in [0.15, 0.2) is 12.0 Å². The highest BCUT2D eigenvalue weighted by Crippen LogP contribution is 2.10. The topological polar surface area (TPSA) is 48.0 Å². The Morgan fingerprint density at radius 1 is 1.47 bits per heavy atom. The van der Waals surface area contributed by atoms with Crippen molar-refractivity contribution in [1.82, 2.24) is 9.78 Å². The molecule has 0 aliphatic carbocycles. The maximum Gasteiger partial charge on any atom is 0.185 e. The molecule has 0 aromatic carbocycles. The van der Waals surface area contributed by atoms with Gasteiger partial charge in [-0.15, -0.1) is 0 Å². The fourth-order valence-corrected chi connectivity index (χ4v) is 1.53. The first-order valence-electron chi connectivity index (χ1n) is 4.74. The van der Waals surface area contributed by atoms with E-state index in [-0.39, 0.29) is 0 Å². The van der Waals surface area contributed by atoms with Crippen LogP contribution in [-0.4, -0.2) is 16.1 Å². The number of aromatic nitrogens is 2. The molecule has 2 aromatic heterocycles. The molecule has 0 saturated heterocycles. The van der Waals surface area contributed by atoms with Crippen molar-refractivity contribution in [3.8, 4) is 0 Å². The third-order valence-corrected chi connectivity index (χ3v) is 2.21. The quantitative estimate of drug-likeness (QED) is 0.718. The number of carbonyl (C=O) groups excluding carboxylic acids is 1. The number of nitrogens with zero attached hydrogens (tertiary/aromatic N) is 2. The molecule has 0 aliphatic heterocycles. The minimum atomic E-state index is 0.353. The van der Waals surface area contributed by atoms with Crippen LogP contribution in [-0.2, 0) is 6.54 Å². The molecule has 0 aliphatic rings. The van der Waals surface area contributed by atoms with E-state index in [4.69, 9.17) is 4.42 Å². The van der Waals surface area contributed by atoms with E-state index in [2.05, 4.69) is 5.10 Å². The third-order valence-electron chi connectivity index (χ3n) is 2.21. The van der Waals surface area contributed by atoms with Crippen LogP contribution in [0.5, 0.6) is 0 Å². The highest BCUT2D eigenvalue weighted by Gasteiger charge is 2.05. The van der Waals surface area contributed by atoms with Crippen LogP contribution >= 0.6 is 0 Å². The molecule has 0 bridgehead atoms. The van der Waals surface area contributed by atoms with E-state index in [0.717, 1.165) is 17.1 Å². The lowest BCUT2D eigenvalue weighted by atomic mass is 10.4. The molecule has 15 heavy (non-hydrogen) atoms. The van der Waals surface area contributed by atoms with Crippen molar-refractivity contribution in [2.45, 2.75) is 20.4 Å². The summed E-state index contributed by atoms with van der Waals surface area (Å²) in [6.07, 6.45) is 0.699. The van der Waals surface area contributed by atoms with Crippen LogP contribution in [0.1, 0.15) is 27.7 Å². The van der Waals surface area contributed by atoms with Crippen molar-refractivity contribution in [1.29, 1.82) is 0 Å². The van der Waals surface area contributed by atoms with Gasteiger partial charge in [0.05, 0.1) is 12.2 Å². The van der Waals surface area contributed by atoms with Crippen molar-refractivity contribution >= 4 is 6.29 Å². The predicted molar refractivity (Wildman–Crippen MR) is 54.9 cm³/mol. The van der Waals surface area contributed by atoms with Gasteiger partial charge in [-0.25, -0.2) is 0 Å². The Hall–Kier alpha value is -1.84. The lowest BCUT2D eigenvalue weighted by Crippen LogP contribution is -2.02. The highest BCUT2D eigenvalue weighted by molar-refractivity contribution is 5.70. The Labute approximate surface area is 87.5 Å². The standard InChI is InChI=1S/C11H12N2O2/c1-8-5-9(2)13(12-8)6-10-3-4-11(7-14)15-10/h3-5,7H,6H2,1-2H3. The summed E-state index contributed by atoms with van der Waals surface area (Å²) in [6.45, 7) is 4.50. The molecule has 0 atom stereocenters. The molecule has 78 valence electrons. The monoisotopic (exact) mass is 204 g/mol. The van der Waals surface area contributed by atoms with Crippen LogP contribution in [0, 0.1) is 13.8 Å². The fraction of sp³-hybridized carbons (Fsp3) is 0.273.